The van der Waals surface area contributed by atoms with E-state index in [1.807, 2.05) is 0 Å². The molecule has 0 atom stereocenters. The van der Waals surface area contributed by atoms with E-state index in [4.69, 9.17) is 15.9 Å². The lowest BCUT2D eigenvalue weighted by Gasteiger charge is -2.24. The minimum Gasteiger partial charge on any atom is -0.493 e. The predicted octanol–water partition coefficient (Wildman–Crippen LogP) is 2.45. The van der Waals surface area contributed by atoms with E-state index in [9.17, 15) is 0 Å². The molecule has 0 saturated carbocycles. The fraction of sp³-hybridized carbons (Fsp3) is 0.588. The summed E-state index contributed by atoms with van der Waals surface area (Å²) in [5.41, 5.74) is 8.19. The van der Waals surface area contributed by atoms with Gasteiger partial charge in [0, 0.05) is 32.5 Å². The van der Waals surface area contributed by atoms with Crippen molar-refractivity contribution >= 4 is 5.84 Å². The molecule has 3 N–H and O–H groups in total. The van der Waals surface area contributed by atoms with Crippen LogP contribution >= 0.6 is 0 Å². The molecule has 0 bridgehead atoms. The van der Waals surface area contributed by atoms with Gasteiger partial charge in [-0.15, -0.1) is 0 Å². The molecule has 0 spiro atoms. The molecule has 0 aromatic heterocycles. The molecular weight excluding hydrogens is 262 g/mol. The van der Waals surface area contributed by atoms with Crippen molar-refractivity contribution in [2.45, 2.75) is 33.1 Å². The Bertz CT molecular complexity index is 485. The second kappa shape index (κ2) is 7.46. The maximum Gasteiger partial charge on any atom is 0.122 e. The van der Waals surface area contributed by atoms with E-state index >= 15 is 0 Å². The van der Waals surface area contributed by atoms with Crippen molar-refractivity contribution in [3.63, 3.8) is 0 Å². The highest BCUT2D eigenvalue weighted by Gasteiger charge is 2.13. The first-order valence-electron chi connectivity index (χ1n) is 7.84. The number of ether oxygens (including phenoxy) is 1. The summed E-state index contributed by atoms with van der Waals surface area (Å²) in [5, 5.41) is 7.39. The second-order valence-corrected chi connectivity index (χ2v) is 6.26. The van der Waals surface area contributed by atoms with Gasteiger partial charge in [0.15, 0.2) is 0 Å². The van der Waals surface area contributed by atoms with Gasteiger partial charge in [-0.2, -0.15) is 0 Å². The molecule has 1 aromatic carbocycles. The molecule has 1 aliphatic rings. The second-order valence-electron chi connectivity index (χ2n) is 6.26. The minimum atomic E-state index is 0.276. The van der Waals surface area contributed by atoms with E-state index in [1.54, 1.807) is 0 Å². The molecule has 2 rings (SSSR count). The van der Waals surface area contributed by atoms with Crippen molar-refractivity contribution in [2.75, 3.05) is 26.2 Å². The predicted molar refractivity (Wildman–Crippen MR) is 87.2 cm³/mol. The number of hydrogen-bond acceptors (Lipinski definition) is 3. The van der Waals surface area contributed by atoms with Gasteiger partial charge >= 0.3 is 0 Å². The SMILES string of the molecule is CC(C)CN(CCC(=N)N)CCc1ccc2c(c1)CCO2. The number of hydrogen-bond donors (Lipinski definition) is 2. The van der Waals surface area contributed by atoms with Crippen molar-refractivity contribution in [2.24, 2.45) is 11.7 Å². The Morgan fingerprint density at radius 3 is 2.90 bits per heavy atom. The topological polar surface area (TPSA) is 62.3 Å². The summed E-state index contributed by atoms with van der Waals surface area (Å²) in [5.74, 6) is 1.96. The Labute approximate surface area is 127 Å². The smallest absolute Gasteiger partial charge is 0.122 e. The summed E-state index contributed by atoms with van der Waals surface area (Å²) in [6.07, 6.45) is 2.73. The van der Waals surface area contributed by atoms with Gasteiger partial charge < -0.3 is 15.4 Å². The van der Waals surface area contributed by atoms with E-state index in [1.165, 1.54) is 11.1 Å². The highest BCUT2D eigenvalue weighted by atomic mass is 16.5. The molecule has 1 aliphatic heterocycles. The maximum absolute atomic E-state index is 7.39. The zero-order chi connectivity index (χ0) is 15.2. The van der Waals surface area contributed by atoms with Crippen molar-refractivity contribution in [1.29, 1.82) is 5.41 Å². The Kier molecular flexibility index (Phi) is 5.62. The average Bonchev–Trinajstić information content (AvgIpc) is 2.88. The molecule has 21 heavy (non-hydrogen) atoms. The lowest BCUT2D eigenvalue weighted by Crippen LogP contribution is -2.33. The largest absolute Gasteiger partial charge is 0.493 e. The van der Waals surface area contributed by atoms with Gasteiger partial charge in [-0.1, -0.05) is 26.0 Å². The third-order valence-electron chi connectivity index (χ3n) is 3.79. The molecule has 1 aromatic rings. The third-order valence-corrected chi connectivity index (χ3v) is 3.79. The molecule has 0 radical (unpaired) electrons. The summed E-state index contributed by atoms with van der Waals surface area (Å²) >= 11 is 0. The number of amidine groups is 1. The van der Waals surface area contributed by atoms with Crippen molar-refractivity contribution in [3.8, 4) is 5.75 Å². The van der Waals surface area contributed by atoms with E-state index in [0.29, 0.717) is 12.3 Å². The first kappa shape index (κ1) is 15.8. The van der Waals surface area contributed by atoms with Gasteiger partial charge in [0.2, 0.25) is 0 Å². The molecule has 116 valence electrons. The average molecular weight is 289 g/mol. The highest BCUT2D eigenvalue weighted by Crippen LogP contribution is 2.26. The summed E-state index contributed by atoms with van der Waals surface area (Å²) in [6.45, 7) is 8.23. The normalized spacial score (nSPS) is 13.5. The molecule has 0 amide bonds. The number of nitrogens with two attached hydrogens (primary N) is 1. The molecule has 0 unspecified atom stereocenters. The van der Waals surface area contributed by atoms with Crippen LogP contribution in [-0.2, 0) is 12.8 Å². The molecule has 0 saturated heterocycles. The van der Waals surface area contributed by atoms with Gasteiger partial charge in [-0.05, 0) is 29.5 Å². The fourth-order valence-corrected chi connectivity index (χ4v) is 2.77. The Hall–Kier alpha value is -1.55. The zero-order valence-electron chi connectivity index (χ0n) is 13.2. The van der Waals surface area contributed by atoms with Crippen LogP contribution < -0.4 is 10.5 Å². The van der Waals surface area contributed by atoms with Gasteiger partial charge in [0.25, 0.3) is 0 Å². The van der Waals surface area contributed by atoms with Crippen LogP contribution in [0.2, 0.25) is 0 Å². The molecular formula is C17H27N3O. The number of nitrogens with one attached hydrogen (secondary N) is 1. The molecule has 0 aliphatic carbocycles. The standard InChI is InChI=1S/C17H27N3O/c1-13(2)12-20(9-6-17(18)19)8-5-14-3-4-16-15(11-14)7-10-21-16/h3-4,11,13H,5-10,12H2,1-2H3,(H3,18,19). The van der Waals surface area contributed by atoms with Crippen LogP contribution in [0.3, 0.4) is 0 Å². The number of nitrogens with zero attached hydrogens (tertiary/aromatic N) is 1. The zero-order valence-corrected chi connectivity index (χ0v) is 13.2. The third kappa shape index (κ3) is 5.05. The van der Waals surface area contributed by atoms with Crippen LogP contribution in [0.15, 0.2) is 18.2 Å². The van der Waals surface area contributed by atoms with E-state index in [-0.39, 0.29) is 5.84 Å². The number of rotatable bonds is 8. The molecule has 0 fully saturated rings. The molecule has 1 heterocycles. The van der Waals surface area contributed by atoms with Crippen LogP contribution in [0.25, 0.3) is 0 Å². The van der Waals surface area contributed by atoms with E-state index in [0.717, 1.165) is 44.8 Å². The summed E-state index contributed by atoms with van der Waals surface area (Å²) in [6, 6.07) is 6.55. The van der Waals surface area contributed by atoms with Crippen LogP contribution in [0.5, 0.6) is 5.75 Å². The first-order chi connectivity index (χ1) is 10.0. The van der Waals surface area contributed by atoms with Crippen molar-refractivity contribution < 1.29 is 4.74 Å². The number of benzene rings is 1. The highest BCUT2D eigenvalue weighted by molar-refractivity contribution is 5.76. The van der Waals surface area contributed by atoms with E-state index < -0.39 is 0 Å². The minimum absolute atomic E-state index is 0.276. The number of fused-ring (bicyclic) bond motifs is 1. The van der Waals surface area contributed by atoms with Crippen LogP contribution in [0, 0.1) is 11.3 Å². The molecule has 4 nitrogen and oxygen atoms in total. The van der Waals surface area contributed by atoms with Gasteiger partial charge in [-0.25, -0.2) is 0 Å². The monoisotopic (exact) mass is 289 g/mol. The van der Waals surface area contributed by atoms with Crippen molar-refractivity contribution in [3.05, 3.63) is 29.3 Å². The van der Waals surface area contributed by atoms with Crippen LogP contribution in [-0.4, -0.2) is 37.0 Å². The lowest BCUT2D eigenvalue weighted by molar-refractivity contribution is 0.253. The van der Waals surface area contributed by atoms with E-state index in [2.05, 4.69) is 36.9 Å². The Morgan fingerprint density at radius 2 is 2.19 bits per heavy atom. The summed E-state index contributed by atoms with van der Waals surface area (Å²) in [7, 11) is 0. The quantitative estimate of drug-likeness (QED) is 0.571. The Morgan fingerprint density at radius 1 is 1.38 bits per heavy atom. The summed E-state index contributed by atoms with van der Waals surface area (Å²) in [4.78, 5) is 2.41. The Balaban J connectivity index is 1.89. The van der Waals surface area contributed by atoms with Crippen LogP contribution in [0.1, 0.15) is 31.4 Å². The van der Waals surface area contributed by atoms with Gasteiger partial charge in [0.1, 0.15) is 5.75 Å². The van der Waals surface area contributed by atoms with Gasteiger partial charge in [-0.3, -0.25) is 5.41 Å². The maximum atomic E-state index is 7.39. The first-order valence-corrected chi connectivity index (χ1v) is 7.84. The fourth-order valence-electron chi connectivity index (χ4n) is 2.77. The lowest BCUT2D eigenvalue weighted by atomic mass is 10.1. The van der Waals surface area contributed by atoms with Gasteiger partial charge in [0.05, 0.1) is 12.4 Å². The van der Waals surface area contributed by atoms with Crippen LogP contribution in [0.4, 0.5) is 0 Å². The molecule has 4 heteroatoms. The summed E-state index contributed by atoms with van der Waals surface area (Å²) < 4.78 is 5.55. The van der Waals surface area contributed by atoms with Crippen molar-refractivity contribution in [1.82, 2.24) is 4.90 Å².